The Morgan fingerprint density at radius 1 is 1.21 bits per heavy atom. The van der Waals surface area contributed by atoms with Crippen LogP contribution in [0.5, 0.6) is 0 Å². The highest BCUT2D eigenvalue weighted by molar-refractivity contribution is 5.83. The highest BCUT2D eigenvalue weighted by Gasteiger charge is 2.29. The molecule has 0 aliphatic carbocycles. The number of pyridine rings is 1. The van der Waals surface area contributed by atoms with E-state index >= 15 is 0 Å². The van der Waals surface area contributed by atoms with E-state index in [-0.39, 0.29) is 11.9 Å². The zero-order chi connectivity index (χ0) is 19.3. The maximum Gasteiger partial charge on any atom is 0.242 e. The Labute approximate surface area is 165 Å². The predicted octanol–water partition coefficient (Wildman–Crippen LogP) is 2.53. The minimum atomic E-state index is -0.333. The Hall–Kier alpha value is -2.70. The molecular formula is C22H26N4O2. The van der Waals surface area contributed by atoms with E-state index in [1.807, 2.05) is 18.2 Å². The van der Waals surface area contributed by atoms with Gasteiger partial charge in [-0.05, 0) is 36.1 Å². The van der Waals surface area contributed by atoms with Crippen molar-refractivity contribution in [2.75, 3.05) is 32.8 Å². The van der Waals surface area contributed by atoms with Crippen molar-refractivity contribution in [3.8, 4) is 0 Å². The Bertz CT molecular complexity index is 932. The van der Waals surface area contributed by atoms with E-state index in [2.05, 4.69) is 51.0 Å². The van der Waals surface area contributed by atoms with Crippen molar-refractivity contribution < 1.29 is 9.53 Å². The maximum absolute atomic E-state index is 13.1. The Morgan fingerprint density at radius 3 is 2.82 bits per heavy atom. The molecule has 1 N–H and O–H groups in total. The average Bonchev–Trinajstić information content (AvgIpc) is 3.05. The second-order valence-electron chi connectivity index (χ2n) is 7.12. The number of hydrogen-bond donors (Lipinski definition) is 1. The lowest BCUT2D eigenvalue weighted by Gasteiger charge is -2.33. The number of aryl methyl sites for hydroxylation is 1. The predicted molar refractivity (Wildman–Crippen MR) is 109 cm³/mol. The van der Waals surface area contributed by atoms with Gasteiger partial charge in [0.2, 0.25) is 5.91 Å². The SMILES string of the molecule is Cc1cc2ccccc2n1CCNC(=O)C(c1cccnc1)N1CCOCC1. The average molecular weight is 378 g/mol. The highest BCUT2D eigenvalue weighted by Crippen LogP contribution is 2.22. The minimum absolute atomic E-state index is 0.0176. The van der Waals surface area contributed by atoms with Crippen LogP contribution in [-0.2, 0) is 16.1 Å². The summed E-state index contributed by atoms with van der Waals surface area (Å²) in [4.78, 5) is 19.5. The fourth-order valence-corrected chi connectivity index (χ4v) is 3.93. The summed E-state index contributed by atoms with van der Waals surface area (Å²) < 4.78 is 7.71. The van der Waals surface area contributed by atoms with Gasteiger partial charge in [0.15, 0.2) is 0 Å². The minimum Gasteiger partial charge on any atom is -0.379 e. The molecule has 1 aliphatic rings. The molecule has 1 fully saturated rings. The number of amides is 1. The molecule has 3 heterocycles. The number of nitrogens with zero attached hydrogens (tertiary/aromatic N) is 3. The summed E-state index contributed by atoms with van der Waals surface area (Å²) >= 11 is 0. The van der Waals surface area contributed by atoms with E-state index in [0.29, 0.717) is 19.8 Å². The summed E-state index contributed by atoms with van der Waals surface area (Å²) in [5, 5.41) is 4.37. The number of carbonyl (C=O) groups excluding carboxylic acids is 1. The lowest BCUT2D eigenvalue weighted by molar-refractivity contribution is -0.128. The summed E-state index contributed by atoms with van der Waals surface area (Å²) in [6, 6.07) is 14.0. The third kappa shape index (κ3) is 3.93. The summed E-state index contributed by atoms with van der Waals surface area (Å²) in [7, 11) is 0. The van der Waals surface area contributed by atoms with Gasteiger partial charge in [-0.3, -0.25) is 14.7 Å². The first-order valence-corrected chi connectivity index (χ1v) is 9.78. The molecule has 1 unspecified atom stereocenters. The van der Waals surface area contributed by atoms with Crippen LogP contribution in [0.2, 0.25) is 0 Å². The molecule has 146 valence electrons. The van der Waals surface area contributed by atoms with Gasteiger partial charge in [-0.15, -0.1) is 0 Å². The summed E-state index contributed by atoms with van der Waals surface area (Å²) in [5.41, 5.74) is 3.32. The molecule has 0 radical (unpaired) electrons. The molecule has 6 heteroatoms. The normalized spacial score (nSPS) is 16.2. The molecule has 1 amide bonds. The third-order valence-corrected chi connectivity index (χ3v) is 5.31. The number of hydrogen-bond acceptors (Lipinski definition) is 4. The maximum atomic E-state index is 13.1. The Morgan fingerprint density at radius 2 is 2.04 bits per heavy atom. The third-order valence-electron chi connectivity index (χ3n) is 5.31. The standard InChI is InChI=1S/C22H26N4O2/c1-17-15-18-5-2-3-7-20(18)26(17)10-9-24-22(27)21(19-6-4-8-23-16-19)25-11-13-28-14-12-25/h2-8,15-16,21H,9-14H2,1H3,(H,24,27). The van der Waals surface area contributed by atoms with Crippen LogP contribution in [0.15, 0.2) is 54.9 Å². The van der Waals surface area contributed by atoms with Crippen LogP contribution in [0, 0.1) is 6.92 Å². The zero-order valence-electron chi connectivity index (χ0n) is 16.2. The van der Waals surface area contributed by atoms with Gasteiger partial charge in [-0.1, -0.05) is 24.3 Å². The van der Waals surface area contributed by atoms with Crippen LogP contribution in [0.1, 0.15) is 17.3 Å². The monoisotopic (exact) mass is 378 g/mol. The quantitative estimate of drug-likeness (QED) is 0.716. The van der Waals surface area contributed by atoms with E-state index in [0.717, 1.165) is 25.2 Å². The van der Waals surface area contributed by atoms with Gasteiger partial charge in [0.1, 0.15) is 6.04 Å². The largest absolute Gasteiger partial charge is 0.379 e. The van der Waals surface area contributed by atoms with Crippen LogP contribution in [0.3, 0.4) is 0 Å². The molecule has 3 aromatic rings. The number of para-hydroxylation sites is 1. The molecule has 1 saturated heterocycles. The number of rotatable bonds is 6. The molecule has 1 aromatic carbocycles. The van der Waals surface area contributed by atoms with Crippen molar-refractivity contribution in [3.63, 3.8) is 0 Å². The number of aromatic nitrogens is 2. The van der Waals surface area contributed by atoms with Crippen molar-refractivity contribution >= 4 is 16.8 Å². The van der Waals surface area contributed by atoms with E-state index in [9.17, 15) is 4.79 Å². The molecule has 0 saturated carbocycles. The van der Waals surface area contributed by atoms with E-state index in [4.69, 9.17) is 4.74 Å². The topological polar surface area (TPSA) is 59.4 Å². The van der Waals surface area contributed by atoms with Crippen molar-refractivity contribution in [2.45, 2.75) is 19.5 Å². The number of nitrogens with one attached hydrogen (secondary N) is 1. The summed E-state index contributed by atoms with van der Waals surface area (Å²) in [6.45, 7) is 6.22. The summed E-state index contributed by atoms with van der Waals surface area (Å²) in [5.74, 6) is 0.0176. The number of carbonyl (C=O) groups is 1. The van der Waals surface area contributed by atoms with Crippen LogP contribution in [0.4, 0.5) is 0 Å². The molecule has 1 atom stereocenters. The Balaban J connectivity index is 1.46. The fourth-order valence-electron chi connectivity index (χ4n) is 3.93. The molecule has 0 bridgehead atoms. The second kappa shape index (κ2) is 8.54. The number of morpholine rings is 1. The first-order valence-electron chi connectivity index (χ1n) is 9.78. The number of fused-ring (bicyclic) bond motifs is 1. The highest BCUT2D eigenvalue weighted by atomic mass is 16.5. The zero-order valence-corrected chi connectivity index (χ0v) is 16.2. The fraction of sp³-hybridized carbons (Fsp3) is 0.364. The molecule has 1 aliphatic heterocycles. The van der Waals surface area contributed by atoms with Crippen LogP contribution >= 0.6 is 0 Å². The Kier molecular flexibility index (Phi) is 5.69. The van der Waals surface area contributed by atoms with Crippen molar-refractivity contribution in [1.29, 1.82) is 0 Å². The van der Waals surface area contributed by atoms with E-state index in [1.165, 1.54) is 16.6 Å². The van der Waals surface area contributed by atoms with Crippen LogP contribution < -0.4 is 5.32 Å². The summed E-state index contributed by atoms with van der Waals surface area (Å²) in [6.07, 6.45) is 3.51. The molecular weight excluding hydrogens is 352 g/mol. The van der Waals surface area contributed by atoms with Gasteiger partial charge in [-0.25, -0.2) is 0 Å². The van der Waals surface area contributed by atoms with Crippen LogP contribution in [-0.4, -0.2) is 53.2 Å². The van der Waals surface area contributed by atoms with Crippen LogP contribution in [0.25, 0.3) is 10.9 Å². The van der Waals surface area contributed by atoms with Gasteiger partial charge in [0.05, 0.1) is 13.2 Å². The van der Waals surface area contributed by atoms with Gasteiger partial charge >= 0.3 is 0 Å². The first-order chi connectivity index (χ1) is 13.7. The molecule has 28 heavy (non-hydrogen) atoms. The van der Waals surface area contributed by atoms with Gasteiger partial charge in [-0.2, -0.15) is 0 Å². The van der Waals surface area contributed by atoms with Crippen molar-refractivity contribution in [2.24, 2.45) is 0 Å². The number of ether oxygens (including phenoxy) is 1. The molecule has 6 nitrogen and oxygen atoms in total. The van der Waals surface area contributed by atoms with Gasteiger partial charge in [0, 0.05) is 49.8 Å². The van der Waals surface area contributed by atoms with Gasteiger partial charge < -0.3 is 14.6 Å². The number of benzene rings is 1. The lowest BCUT2D eigenvalue weighted by Crippen LogP contribution is -2.46. The van der Waals surface area contributed by atoms with Crippen molar-refractivity contribution in [3.05, 3.63) is 66.1 Å². The smallest absolute Gasteiger partial charge is 0.242 e. The van der Waals surface area contributed by atoms with E-state index in [1.54, 1.807) is 12.4 Å². The molecule has 4 rings (SSSR count). The van der Waals surface area contributed by atoms with E-state index < -0.39 is 0 Å². The first kappa shape index (κ1) is 18.7. The van der Waals surface area contributed by atoms with Crippen molar-refractivity contribution in [1.82, 2.24) is 19.8 Å². The molecule has 2 aromatic heterocycles. The lowest BCUT2D eigenvalue weighted by atomic mass is 10.1. The van der Waals surface area contributed by atoms with Gasteiger partial charge in [0.25, 0.3) is 0 Å². The second-order valence-corrected chi connectivity index (χ2v) is 7.12. The molecule has 0 spiro atoms.